The van der Waals surface area contributed by atoms with Crippen molar-refractivity contribution in [3.63, 3.8) is 0 Å². The van der Waals surface area contributed by atoms with Crippen LogP contribution in [0.4, 0.5) is 5.69 Å². The van der Waals surface area contributed by atoms with Crippen LogP contribution in [-0.4, -0.2) is 18.6 Å². The lowest BCUT2D eigenvalue weighted by molar-refractivity contribution is -0.114. The van der Waals surface area contributed by atoms with Crippen molar-refractivity contribution in [2.24, 2.45) is 4.99 Å². The van der Waals surface area contributed by atoms with Gasteiger partial charge >= 0.3 is 0 Å². The number of benzene rings is 2. The second-order valence-corrected chi connectivity index (χ2v) is 6.17. The van der Waals surface area contributed by atoms with Crippen LogP contribution in [0.25, 0.3) is 6.08 Å². The number of ketones is 1. The molecule has 0 unspecified atom stereocenters. The number of hydrogen-bond acceptors (Lipinski definition) is 3. The molecule has 0 aromatic heterocycles. The zero-order valence-corrected chi connectivity index (χ0v) is 14.2. The smallest absolute Gasteiger partial charge is 0.228 e. The van der Waals surface area contributed by atoms with E-state index in [0.717, 1.165) is 28.1 Å². The summed E-state index contributed by atoms with van der Waals surface area (Å²) in [6.07, 6.45) is 5.47. The summed E-state index contributed by atoms with van der Waals surface area (Å²) in [7, 11) is 1.50. The monoisotopic (exact) mass is 347 g/mol. The fourth-order valence-electron chi connectivity index (χ4n) is 3.02. The second kappa shape index (κ2) is 6.19. The summed E-state index contributed by atoms with van der Waals surface area (Å²) in [4.78, 5) is 17.5. The molecule has 2 aliphatic rings. The summed E-state index contributed by atoms with van der Waals surface area (Å²) in [5.74, 6) is 0.199. The molecule has 0 N–H and O–H groups in total. The molecule has 0 saturated carbocycles. The summed E-state index contributed by atoms with van der Waals surface area (Å²) >= 11 is 6.09. The van der Waals surface area contributed by atoms with Crippen LogP contribution in [0.3, 0.4) is 0 Å². The van der Waals surface area contributed by atoms with Crippen LogP contribution in [0, 0.1) is 0 Å². The maximum Gasteiger partial charge on any atom is 0.228 e. The highest BCUT2D eigenvalue weighted by Gasteiger charge is 2.30. The number of ether oxygens (including phenoxy) is 1. The van der Waals surface area contributed by atoms with E-state index in [1.807, 2.05) is 54.6 Å². The van der Waals surface area contributed by atoms with Crippen LogP contribution >= 0.6 is 11.6 Å². The average Bonchev–Trinajstić information content (AvgIpc) is 2.62. The number of hydrogen-bond donors (Lipinski definition) is 0. The largest absolute Gasteiger partial charge is 0.493 e. The zero-order chi connectivity index (χ0) is 17.4. The highest BCUT2D eigenvalue weighted by molar-refractivity contribution is 6.31. The summed E-state index contributed by atoms with van der Waals surface area (Å²) in [5.41, 5.74) is 4.84. The molecule has 0 heterocycles. The van der Waals surface area contributed by atoms with Crippen LogP contribution < -0.4 is 0 Å². The predicted molar refractivity (Wildman–Crippen MR) is 100 cm³/mol. The van der Waals surface area contributed by atoms with Crippen molar-refractivity contribution in [1.82, 2.24) is 0 Å². The van der Waals surface area contributed by atoms with Gasteiger partial charge in [0.15, 0.2) is 5.76 Å². The van der Waals surface area contributed by atoms with Crippen molar-refractivity contribution < 1.29 is 9.53 Å². The Morgan fingerprint density at radius 2 is 1.84 bits per heavy atom. The van der Waals surface area contributed by atoms with Crippen molar-refractivity contribution in [3.05, 3.63) is 93.7 Å². The molecule has 0 bridgehead atoms. The van der Waals surface area contributed by atoms with Crippen molar-refractivity contribution in [2.45, 2.75) is 0 Å². The number of nitrogens with zero attached hydrogens (tertiary/aromatic N) is 1. The Bertz CT molecular complexity index is 1010. The van der Waals surface area contributed by atoms with Gasteiger partial charge in [-0.05, 0) is 42.0 Å². The maximum atomic E-state index is 12.7. The first kappa shape index (κ1) is 15.6. The third kappa shape index (κ3) is 2.73. The van der Waals surface area contributed by atoms with E-state index in [0.29, 0.717) is 16.4 Å². The van der Waals surface area contributed by atoms with Gasteiger partial charge in [-0.3, -0.25) is 4.79 Å². The van der Waals surface area contributed by atoms with E-state index in [2.05, 4.69) is 0 Å². The zero-order valence-electron chi connectivity index (χ0n) is 13.5. The molecule has 4 rings (SSSR count). The molecule has 2 aromatic rings. The van der Waals surface area contributed by atoms with Gasteiger partial charge in [-0.2, -0.15) is 0 Å². The molecule has 3 nitrogen and oxygen atoms in total. The minimum absolute atomic E-state index is 0.131. The lowest BCUT2D eigenvalue weighted by Gasteiger charge is -2.24. The highest BCUT2D eigenvalue weighted by atomic mass is 35.5. The fraction of sp³-hybridized carbons (Fsp3) is 0.0476. The maximum absolute atomic E-state index is 12.7. The van der Waals surface area contributed by atoms with Crippen LogP contribution in [0.15, 0.2) is 82.6 Å². The van der Waals surface area contributed by atoms with E-state index in [9.17, 15) is 4.79 Å². The normalized spacial score (nSPS) is 17.3. The number of carbonyl (C=O) groups is 1. The first-order chi connectivity index (χ1) is 12.2. The molecule has 2 aromatic carbocycles. The van der Waals surface area contributed by atoms with Gasteiger partial charge in [-0.15, -0.1) is 0 Å². The Hall–Kier alpha value is -2.91. The summed E-state index contributed by atoms with van der Waals surface area (Å²) in [5, 5.41) is 0.622. The molecule has 0 atom stereocenters. The van der Waals surface area contributed by atoms with Gasteiger partial charge in [0.25, 0.3) is 0 Å². The van der Waals surface area contributed by atoms with E-state index >= 15 is 0 Å². The highest BCUT2D eigenvalue weighted by Crippen LogP contribution is 2.35. The molecule has 0 fully saturated rings. The number of methoxy groups -OCH3 is 1. The SMILES string of the molecule is COC1=CC=C2C(=Cc3ccccc3C2=Nc2cccc(Cl)c2)C1=O. The van der Waals surface area contributed by atoms with Gasteiger partial charge in [0.2, 0.25) is 5.78 Å². The lowest BCUT2D eigenvalue weighted by Crippen LogP contribution is -2.22. The van der Waals surface area contributed by atoms with Gasteiger partial charge in [0.1, 0.15) is 0 Å². The number of aliphatic imine (C=N–C) groups is 1. The van der Waals surface area contributed by atoms with Crippen LogP contribution in [0.1, 0.15) is 11.1 Å². The first-order valence-electron chi connectivity index (χ1n) is 7.84. The topological polar surface area (TPSA) is 38.7 Å². The predicted octanol–water partition coefficient (Wildman–Crippen LogP) is 4.90. The van der Waals surface area contributed by atoms with Gasteiger partial charge < -0.3 is 4.74 Å². The summed E-state index contributed by atoms with van der Waals surface area (Å²) in [6, 6.07) is 15.3. The van der Waals surface area contributed by atoms with E-state index < -0.39 is 0 Å². The van der Waals surface area contributed by atoms with E-state index in [4.69, 9.17) is 21.3 Å². The average molecular weight is 348 g/mol. The van der Waals surface area contributed by atoms with E-state index in [1.165, 1.54) is 7.11 Å². The van der Waals surface area contributed by atoms with E-state index in [-0.39, 0.29) is 5.78 Å². The van der Waals surface area contributed by atoms with Crippen LogP contribution in [0.2, 0.25) is 5.02 Å². The Labute approximate surface area is 150 Å². The number of carbonyl (C=O) groups excluding carboxylic acids is 1. The first-order valence-corrected chi connectivity index (χ1v) is 8.22. The van der Waals surface area contributed by atoms with Gasteiger partial charge in [0.05, 0.1) is 18.5 Å². The molecule has 4 heteroatoms. The van der Waals surface area contributed by atoms with Crippen molar-refractivity contribution >= 4 is 34.9 Å². The standard InChI is InChI=1S/C21H14ClNO2/c1-25-19-10-9-17-18(21(19)24)11-13-5-2-3-8-16(13)20(17)23-15-7-4-6-14(22)12-15/h2-12H,1H3. The Balaban J connectivity index is 1.95. The van der Waals surface area contributed by atoms with E-state index in [1.54, 1.807) is 12.1 Å². The van der Waals surface area contributed by atoms with Gasteiger partial charge in [-0.1, -0.05) is 41.9 Å². The summed E-state index contributed by atoms with van der Waals surface area (Å²) < 4.78 is 5.18. The third-order valence-electron chi connectivity index (χ3n) is 4.20. The number of allylic oxidation sites excluding steroid dienone is 4. The quantitative estimate of drug-likeness (QED) is 0.775. The fourth-order valence-corrected chi connectivity index (χ4v) is 3.21. The molecule has 0 aliphatic heterocycles. The molecular formula is C21H14ClNO2. The van der Waals surface area contributed by atoms with Gasteiger partial charge in [0, 0.05) is 21.7 Å². The lowest BCUT2D eigenvalue weighted by atomic mass is 9.81. The molecule has 0 saturated heterocycles. The molecular weight excluding hydrogens is 334 g/mol. The van der Waals surface area contributed by atoms with Crippen molar-refractivity contribution in [3.8, 4) is 0 Å². The Morgan fingerprint density at radius 1 is 1.00 bits per heavy atom. The molecule has 0 amide bonds. The number of halogens is 1. The Kier molecular flexibility index (Phi) is 3.86. The molecule has 2 aliphatic carbocycles. The minimum Gasteiger partial charge on any atom is -0.493 e. The second-order valence-electron chi connectivity index (χ2n) is 5.73. The van der Waals surface area contributed by atoms with Crippen molar-refractivity contribution in [1.29, 1.82) is 0 Å². The minimum atomic E-state index is -0.131. The third-order valence-corrected chi connectivity index (χ3v) is 4.43. The van der Waals surface area contributed by atoms with Crippen LogP contribution in [-0.2, 0) is 9.53 Å². The van der Waals surface area contributed by atoms with Gasteiger partial charge in [-0.25, -0.2) is 4.99 Å². The number of rotatable bonds is 2. The Morgan fingerprint density at radius 3 is 2.64 bits per heavy atom. The molecule has 122 valence electrons. The summed E-state index contributed by atoms with van der Waals surface area (Å²) in [6.45, 7) is 0. The number of fused-ring (bicyclic) bond motifs is 2. The molecule has 0 radical (unpaired) electrons. The van der Waals surface area contributed by atoms with Crippen LogP contribution in [0.5, 0.6) is 0 Å². The molecule has 25 heavy (non-hydrogen) atoms. The number of Topliss-reactive ketones (excluding diaryl/α,β-unsaturated/α-hetero) is 1. The molecule has 0 spiro atoms. The van der Waals surface area contributed by atoms with Crippen molar-refractivity contribution in [2.75, 3.05) is 7.11 Å².